The van der Waals surface area contributed by atoms with Crippen molar-refractivity contribution in [1.82, 2.24) is 0 Å². The SMILES string of the molecule is CCCCCCCCCc1cccc(Oc2ccc(C#N)c(C#N)c2)c1. The highest BCUT2D eigenvalue weighted by Gasteiger charge is 2.05. The molecule has 134 valence electrons. The number of nitrogens with zero attached hydrogens (tertiary/aromatic N) is 2. The topological polar surface area (TPSA) is 56.8 Å². The Morgan fingerprint density at radius 1 is 0.769 bits per heavy atom. The molecule has 2 aromatic rings. The van der Waals surface area contributed by atoms with Crippen LogP contribution in [0, 0.1) is 22.7 Å². The smallest absolute Gasteiger partial charge is 0.128 e. The number of nitriles is 2. The second-order valence-electron chi connectivity index (χ2n) is 6.55. The first kappa shape index (κ1) is 19.5. The van der Waals surface area contributed by atoms with E-state index in [-0.39, 0.29) is 0 Å². The number of rotatable bonds is 10. The van der Waals surface area contributed by atoms with Crippen molar-refractivity contribution in [2.24, 2.45) is 0 Å². The molecule has 0 bridgehead atoms. The zero-order valence-corrected chi connectivity index (χ0v) is 15.5. The van der Waals surface area contributed by atoms with E-state index in [0.29, 0.717) is 16.9 Å². The van der Waals surface area contributed by atoms with Crippen molar-refractivity contribution >= 4 is 0 Å². The van der Waals surface area contributed by atoms with E-state index in [1.54, 1.807) is 18.2 Å². The minimum Gasteiger partial charge on any atom is -0.457 e. The van der Waals surface area contributed by atoms with Gasteiger partial charge in [-0.3, -0.25) is 0 Å². The van der Waals surface area contributed by atoms with Crippen molar-refractivity contribution in [2.75, 3.05) is 0 Å². The lowest BCUT2D eigenvalue weighted by Crippen LogP contribution is -1.91. The van der Waals surface area contributed by atoms with Gasteiger partial charge in [0.05, 0.1) is 11.1 Å². The zero-order chi connectivity index (χ0) is 18.6. The van der Waals surface area contributed by atoms with Gasteiger partial charge in [-0.25, -0.2) is 0 Å². The number of unbranched alkanes of at least 4 members (excludes halogenated alkanes) is 6. The van der Waals surface area contributed by atoms with Crippen LogP contribution in [0.25, 0.3) is 0 Å². The first-order chi connectivity index (χ1) is 12.8. The molecule has 0 aliphatic heterocycles. The maximum Gasteiger partial charge on any atom is 0.128 e. The second kappa shape index (κ2) is 11.0. The Hall–Kier alpha value is -2.78. The summed E-state index contributed by atoms with van der Waals surface area (Å²) in [6.45, 7) is 2.24. The van der Waals surface area contributed by atoms with Crippen LogP contribution < -0.4 is 4.74 Å². The van der Waals surface area contributed by atoms with E-state index >= 15 is 0 Å². The Morgan fingerprint density at radius 3 is 2.19 bits per heavy atom. The Morgan fingerprint density at radius 2 is 1.46 bits per heavy atom. The number of hydrogen-bond acceptors (Lipinski definition) is 3. The zero-order valence-electron chi connectivity index (χ0n) is 15.5. The quantitative estimate of drug-likeness (QED) is 0.460. The van der Waals surface area contributed by atoms with Gasteiger partial charge in [-0.05, 0) is 48.7 Å². The normalized spacial score (nSPS) is 10.1. The minimum atomic E-state index is 0.337. The Balaban J connectivity index is 1.87. The number of aryl methyl sites for hydroxylation is 1. The average Bonchev–Trinajstić information content (AvgIpc) is 2.67. The second-order valence-corrected chi connectivity index (χ2v) is 6.55. The third-order valence-electron chi connectivity index (χ3n) is 4.44. The Labute approximate surface area is 156 Å². The third kappa shape index (κ3) is 6.26. The number of ether oxygens (including phenoxy) is 1. The van der Waals surface area contributed by atoms with E-state index in [1.807, 2.05) is 24.3 Å². The van der Waals surface area contributed by atoms with Crippen LogP contribution in [-0.4, -0.2) is 0 Å². The van der Waals surface area contributed by atoms with Crippen molar-refractivity contribution in [2.45, 2.75) is 58.3 Å². The van der Waals surface area contributed by atoms with Crippen molar-refractivity contribution in [3.05, 3.63) is 59.2 Å². The highest BCUT2D eigenvalue weighted by molar-refractivity contribution is 5.50. The van der Waals surface area contributed by atoms with Gasteiger partial charge in [-0.1, -0.05) is 57.6 Å². The fourth-order valence-electron chi connectivity index (χ4n) is 2.96. The molecule has 0 fully saturated rings. The van der Waals surface area contributed by atoms with Gasteiger partial charge in [0.25, 0.3) is 0 Å². The molecule has 0 aromatic heterocycles. The van der Waals surface area contributed by atoms with Gasteiger partial charge in [0.15, 0.2) is 0 Å². The number of benzene rings is 2. The standard InChI is InChI=1S/C23H26N2O/c1-2-3-4-5-6-7-8-10-19-11-9-12-22(15-19)26-23-14-13-20(17-24)21(16-23)18-25/h9,11-16H,2-8,10H2,1H3. The van der Waals surface area contributed by atoms with Gasteiger partial charge in [0.2, 0.25) is 0 Å². The van der Waals surface area contributed by atoms with Crippen LogP contribution in [0.5, 0.6) is 11.5 Å². The third-order valence-corrected chi connectivity index (χ3v) is 4.44. The molecule has 0 N–H and O–H groups in total. The molecule has 0 saturated carbocycles. The molecule has 2 aromatic carbocycles. The van der Waals surface area contributed by atoms with Crippen molar-refractivity contribution in [1.29, 1.82) is 10.5 Å². The van der Waals surface area contributed by atoms with Crippen LogP contribution in [0.3, 0.4) is 0 Å². The maximum absolute atomic E-state index is 9.12. The summed E-state index contributed by atoms with van der Waals surface area (Å²) in [5.74, 6) is 1.34. The van der Waals surface area contributed by atoms with E-state index < -0.39 is 0 Å². The van der Waals surface area contributed by atoms with E-state index in [0.717, 1.165) is 12.2 Å². The van der Waals surface area contributed by atoms with Gasteiger partial charge >= 0.3 is 0 Å². The highest BCUT2D eigenvalue weighted by Crippen LogP contribution is 2.25. The lowest BCUT2D eigenvalue weighted by atomic mass is 10.0. The molecule has 0 spiro atoms. The van der Waals surface area contributed by atoms with Crippen LogP contribution in [0.4, 0.5) is 0 Å². The summed E-state index contributed by atoms with van der Waals surface area (Å²) in [5.41, 5.74) is 1.97. The molecule has 0 unspecified atom stereocenters. The van der Waals surface area contributed by atoms with E-state index in [9.17, 15) is 0 Å². The molecule has 26 heavy (non-hydrogen) atoms. The van der Waals surface area contributed by atoms with E-state index in [4.69, 9.17) is 15.3 Å². The largest absolute Gasteiger partial charge is 0.457 e. The summed E-state index contributed by atoms with van der Waals surface area (Å²) in [7, 11) is 0. The molecule has 0 aliphatic rings. The molecule has 3 nitrogen and oxygen atoms in total. The predicted molar refractivity (Wildman–Crippen MR) is 104 cm³/mol. The van der Waals surface area contributed by atoms with Crippen molar-refractivity contribution in [3.8, 4) is 23.6 Å². The molecule has 2 rings (SSSR count). The van der Waals surface area contributed by atoms with Gasteiger partial charge in [0.1, 0.15) is 23.6 Å². The van der Waals surface area contributed by atoms with Crippen LogP contribution in [-0.2, 0) is 6.42 Å². The van der Waals surface area contributed by atoms with Crippen molar-refractivity contribution in [3.63, 3.8) is 0 Å². The Kier molecular flexibility index (Phi) is 8.24. The Bertz CT molecular complexity index is 784. The average molecular weight is 346 g/mol. The molecule has 0 saturated heterocycles. The fraction of sp³-hybridized carbons (Fsp3) is 0.391. The van der Waals surface area contributed by atoms with Gasteiger partial charge in [-0.15, -0.1) is 0 Å². The molecule has 0 amide bonds. The monoisotopic (exact) mass is 346 g/mol. The number of hydrogen-bond donors (Lipinski definition) is 0. The lowest BCUT2D eigenvalue weighted by molar-refractivity contribution is 0.481. The summed E-state index contributed by atoms with van der Waals surface area (Å²) in [6, 6.07) is 17.1. The lowest BCUT2D eigenvalue weighted by Gasteiger charge is -2.08. The minimum absolute atomic E-state index is 0.337. The predicted octanol–water partition coefficient (Wildman–Crippen LogP) is 6.52. The summed E-state index contributed by atoms with van der Waals surface area (Å²) < 4.78 is 5.87. The van der Waals surface area contributed by atoms with Crippen LogP contribution >= 0.6 is 0 Å². The summed E-state index contributed by atoms with van der Waals surface area (Å²) in [4.78, 5) is 0. The van der Waals surface area contributed by atoms with Gasteiger partial charge in [0, 0.05) is 0 Å². The first-order valence-corrected chi connectivity index (χ1v) is 9.48. The molecule has 0 atom stereocenters. The fourth-order valence-corrected chi connectivity index (χ4v) is 2.96. The first-order valence-electron chi connectivity index (χ1n) is 9.48. The highest BCUT2D eigenvalue weighted by atomic mass is 16.5. The maximum atomic E-state index is 9.12. The molecule has 3 heteroatoms. The van der Waals surface area contributed by atoms with Crippen LogP contribution in [0.2, 0.25) is 0 Å². The van der Waals surface area contributed by atoms with Crippen LogP contribution in [0.1, 0.15) is 68.6 Å². The van der Waals surface area contributed by atoms with E-state index in [1.165, 1.54) is 50.5 Å². The summed E-state index contributed by atoms with van der Waals surface area (Å²) >= 11 is 0. The summed E-state index contributed by atoms with van der Waals surface area (Å²) in [5, 5.41) is 18.1. The van der Waals surface area contributed by atoms with Gasteiger partial charge < -0.3 is 4.74 Å². The molecule has 0 heterocycles. The molecule has 0 radical (unpaired) electrons. The molecule has 0 aliphatic carbocycles. The summed E-state index contributed by atoms with van der Waals surface area (Å²) in [6.07, 6.45) is 10.2. The molecular weight excluding hydrogens is 320 g/mol. The van der Waals surface area contributed by atoms with Gasteiger partial charge in [-0.2, -0.15) is 10.5 Å². The van der Waals surface area contributed by atoms with Crippen molar-refractivity contribution < 1.29 is 4.74 Å². The van der Waals surface area contributed by atoms with E-state index in [2.05, 4.69) is 19.1 Å². The van der Waals surface area contributed by atoms with Crippen LogP contribution in [0.15, 0.2) is 42.5 Å². The molecular formula is C23H26N2O.